The molecule has 0 fully saturated rings. The van der Waals surface area contributed by atoms with E-state index in [1.807, 2.05) is 32.0 Å². The van der Waals surface area contributed by atoms with Gasteiger partial charge in [-0.2, -0.15) is 0 Å². The first kappa shape index (κ1) is 13.9. The molecule has 0 radical (unpaired) electrons. The second kappa shape index (κ2) is 6.57. The molecule has 0 bridgehead atoms. The molecule has 0 aromatic heterocycles. The van der Waals surface area contributed by atoms with Crippen LogP contribution in [0.25, 0.3) is 0 Å². The molecule has 1 unspecified atom stereocenters. The van der Waals surface area contributed by atoms with Crippen molar-refractivity contribution in [3.63, 3.8) is 0 Å². The van der Waals surface area contributed by atoms with E-state index in [2.05, 4.69) is 0 Å². The van der Waals surface area contributed by atoms with Gasteiger partial charge in [0.25, 0.3) is 0 Å². The highest BCUT2D eigenvalue weighted by atomic mass is 19.1. The Morgan fingerprint density at radius 2 is 2.12 bits per heavy atom. The van der Waals surface area contributed by atoms with Crippen molar-refractivity contribution in [2.75, 3.05) is 27.2 Å². The minimum Gasteiger partial charge on any atom is -0.489 e. The maximum absolute atomic E-state index is 13.6. The van der Waals surface area contributed by atoms with Crippen molar-refractivity contribution in [3.8, 4) is 5.75 Å². The van der Waals surface area contributed by atoms with Crippen molar-refractivity contribution < 1.29 is 9.13 Å². The third-order valence-corrected chi connectivity index (χ3v) is 2.35. The Morgan fingerprint density at radius 1 is 1.41 bits per heavy atom. The molecule has 17 heavy (non-hydrogen) atoms. The minimum atomic E-state index is -0.318. The zero-order valence-electron chi connectivity index (χ0n) is 10.7. The summed E-state index contributed by atoms with van der Waals surface area (Å²) in [7, 11) is 3.90. The third-order valence-electron chi connectivity index (χ3n) is 2.35. The second-order valence-electron chi connectivity index (χ2n) is 4.60. The minimum absolute atomic E-state index is 0.0370. The zero-order chi connectivity index (χ0) is 12.8. The van der Waals surface area contributed by atoms with Gasteiger partial charge >= 0.3 is 0 Å². The van der Waals surface area contributed by atoms with Gasteiger partial charge in [0, 0.05) is 12.6 Å². The van der Waals surface area contributed by atoms with Crippen molar-refractivity contribution >= 4 is 0 Å². The van der Waals surface area contributed by atoms with Gasteiger partial charge in [0.2, 0.25) is 0 Å². The number of rotatable bonds is 6. The van der Waals surface area contributed by atoms with Crippen LogP contribution in [-0.2, 0) is 6.42 Å². The molecule has 0 amide bonds. The summed E-state index contributed by atoms with van der Waals surface area (Å²) in [6.45, 7) is 3.15. The van der Waals surface area contributed by atoms with Crippen LogP contribution in [0.4, 0.5) is 4.39 Å². The van der Waals surface area contributed by atoms with Crippen LogP contribution in [-0.4, -0.2) is 38.2 Å². The molecule has 1 aromatic rings. The lowest BCUT2D eigenvalue weighted by atomic mass is 10.1. The van der Waals surface area contributed by atoms with E-state index in [4.69, 9.17) is 10.5 Å². The Bertz CT molecular complexity index is 353. The van der Waals surface area contributed by atoms with Gasteiger partial charge in [-0.3, -0.25) is 0 Å². The van der Waals surface area contributed by atoms with Crippen LogP contribution in [0.2, 0.25) is 0 Å². The smallest absolute Gasteiger partial charge is 0.165 e. The summed E-state index contributed by atoms with van der Waals surface area (Å²) in [5.41, 5.74) is 6.57. The molecule has 0 saturated carbocycles. The highest BCUT2D eigenvalue weighted by molar-refractivity contribution is 5.29. The molecule has 1 atom stereocenters. The standard InChI is InChI=1S/C13H21FN2O/c1-10(15)8-11-4-5-13(12(14)9-11)17-7-6-16(2)3/h4-5,9-10H,6-8,15H2,1-3H3. The van der Waals surface area contributed by atoms with Crippen molar-refractivity contribution in [1.29, 1.82) is 0 Å². The molecule has 3 nitrogen and oxygen atoms in total. The quantitative estimate of drug-likeness (QED) is 0.822. The Labute approximate surface area is 102 Å². The molecule has 0 aliphatic carbocycles. The molecule has 4 heteroatoms. The maximum atomic E-state index is 13.6. The van der Waals surface area contributed by atoms with Gasteiger partial charge in [-0.25, -0.2) is 4.39 Å². The van der Waals surface area contributed by atoms with Gasteiger partial charge in [-0.15, -0.1) is 0 Å². The largest absolute Gasteiger partial charge is 0.489 e. The summed E-state index contributed by atoms with van der Waals surface area (Å²) in [4.78, 5) is 1.99. The average Bonchev–Trinajstić information content (AvgIpc) is 2.20. The maximum Gasteiger partial charge on any atom is 0.165 e. The summed E-state index contributed by atoms with van der Waals surface area (Å²) < 4.78 is 19.0. The first-order chi connectivity index (χ1) is 7.99. The molecule has 96 valence electrons. The zero-order valence-corrected chi connectivity index (χ0v) is 10.7. The van der Waals surface area contributed by atoms with E-state index in [9.17, 15) is 4.39 Å². The van der Waals surface area contributed by atoms with Crippen molar-refractivity contribution in [2.45, 2.75) is 19.4 Å². The van der Waals surface area contributed by atoms with Crippen LogP contribution in [0, 0.1) is 5.82 Å². The van der Waals surface area contributed by atoms with Gasteiger partial charge in [-0.05, 0) is 45.1 Å². The molecule has 0 aliphatic heterocycles. The van der Waals surface area contributed by atoms with Gasteiger partial charge in [0.05, 0.1) is 0 Å². The number of hydrogen-bond acceptors (Lipinski definition) is 3. The summed E-state index contributed by atoms with van der Waals surface area (Å²) in [6, 6.07) is 5.06. The van der Waals surface area contributed by atoms with Gasteiger partial charge in [0.1, 0.15) is 6.61 Å². The number of nitrogens with two attached hydrogens (primary N) is 1. The molecular weight excluding hydrogens is 219 g/mol. The van der Waals surface area contributed by atoms with E-state index in [1.54, 1.807) is 6.07 Å². The van der Waals surface area contributed by atoms with E-state index in [1.165, 1.54) is 6.07 Å². The van der Waals surface area contributed by atoms with Gasteiger partial charge in [-0.1, -0.05) is 6.07 Å². The van der Waals surface area contributed by atoms with Crippen molar-refractivity contribution in [1.82, 2.24) is 4.90 Å². The fourth-order valence-electron chi connectivity index (χ4n) is 1.50. The third kappa shape index (κ3) is 5.15. The van der Waals surface area contributed by atoms with E-state index < -0.39 is 0 Å². The van der Waals surface area contributed by atoms with Crippen LogP contribution < -0.4 is 10.5 Å². The van der Waals surface area contributed by atoms with E-state index >= 15 is 0 Å². The predicted molar refractivity (Wildman–Crippen MR) is 67.8 cm³/mol. The predicted octanol–water partition coefficient (Wildman–Crippen LogP) is 1.66. The molecule has 0 heterocycles. The summed E-state index contributed by atoms with van der Waals surface area (Å²) in [5.74, 6) is -0.0119. The van der Waals surface area contributed by atoms with E-state index in [0.717, 1.165) is 12.1 Å². The molecule has 1 aromatic carbocycles. The van der Waals surface area contributed by atoms with Gasteiger partial charge < -0.3 is 15.4 Å². The van der Waals surface area contributed by atoms with Gasteiger partial charge in [0.15, 0.2) is 11.6 Å². The van der Waals surface area contributed by atoms with E-state index in [-0.39, 0.29) is 11.9 Å². The van der Waals surface area contributed by atoms with Crippen molar-refractivity contribution in [2.24, 2.45) is 5.73 Å². The number of likely N-dealkylation sites (N-methyl/N-ethyl adjacent to an activating group) is 1. The van der Waals surface area contributed by atoms with Crippen LogP contribution in [0.3, 0.4) is 0 Å². The number of ether oxygens (including phenoxy) is 1. The lowest BCUT2D eigenvalue weighted by Crippen LogP contribution is -2.20. The lowest BCUT2D eigenvalue weighted by Gasteiger charge is -2.12. The lowest BCUT2D eigenvalue weighted by molar-refractivity contribution is 0.252. The van der Waals surface area contributed by atoms with Crippen molar-refractivity contribution in [3.05, 3.63) is 29.6 Å². The number of nitrogens with zero attached hydrogens (tertiary/aromatic N) is 1. The van der Waals surface area contributed by atoms with Crippen LogP contribution >= 0.6 is 0 Å². The highest BCUT2D eigenvalue weighted by Crippen LogP contribution is 2.18. The second-order valence-corrected chi connectivity index (χ2v) is 4.60. The molecule has 1 rings (SSSR count). The van der Waals surface area contributed by atoms with E-state index in [0.29, 0.717) is 18.8 Å². The number of halogens is 1. The Kier molecular flexibility index (Phi) is 5.38. The highest BCUT2D eigenvalue weighted by Gasteiger charge is 2.06. The molecule has 2 N–H and O–H groups in total. The van der Waals surface area contributed by atoms with Crippen LogP contribution in [0.1, 0.15) is 12.5 Å². The summed E-state index contributed by atoms with van der Waals surface area (Å²) in [5, 5.41) is 0. The average molecular weight is 240 g/mol. The van der Waals surface area contributed by atoms with Crippen LogP contribution in [0.15, 0.2) is 18.2 Å². The Morgan fingerprint density at radius 3 is 2.65 bits per heavy atom. The molecule has 0 saturated heterocycles. The van der Waals surface area contributed by atoms with Crippen LogP contribution in [0.5, 0.6) is 5.75 Å². The molecule has 0 aliphatic rings. The number of benzene rings is 1. The number of hydrogen-bond donors (Lipinski definition) is 1. The summed E-state index contributed by atoms with van der Waals surface area (Å²) >= 11 is 0. The first-order valence-corrected chi connectivity index (χ1v) is 5.80. The fraction of sp³-hybridized carbons (Fsp3) is 0.538. The Balaban J connectivity index is 2.57. The molecule has 0 spiro atoms. The molecular formula is C13H21FN2O. The topological polar surface area (TPSA) is 38.5 Å². The normalized spacial score (nSPS) is 12.8. The fourth-order valence-corrected chi connectivity index (χ4v) is 1.50. The Hall–Kier alpha value is -1.13. The first-order valence-electron chi connectivity index (χ1n) is 5.80. The SMILES string of the molecule is CC(N)Cc1ccc(OCCN(C)C)c(F)c1. The summed E-state index contributed by atoms with van der Waals surface area (Å²) in [6.07, 6.45) is 0.675. The monoisotopic (exact) mass is 240 g/mol.